The quantitative estimate of drug-likeness (QED) is 0.579. The Kier molecular flexibility index (Phi) is 9.73. The molecule has 0 unspecified atom stereocenters. The number of esters is 1. The third-order valence-electron chi connectivity index (χ3n) is 5.26. The zero-order chi connectivity index (χ0) is 23.5. The summed E-state index contributed by atoms with van der Waals surface area (Å²) < 4.78 is 6.41. The molecule has 0 atom stereocenters. The summed E-state index contributed by atoms with van der Waals surface area (Å²) in [5.41, 5.74) is 5.44. The number of methoxy groups -OCH3 is 1. The SMILES string of the molecule is CC.CN(c1ccc2c(c1)CCCC2)c1ccn(C)n1.CNc1cnccc1C(=O)OC. The summed E-state index contributed by atoms with van der Waals surface area (Å²) in [7, 11) is 7.10. The van der Waals surface area contributed by atoms with Gasteiger partial charge < -0.3 is 15.0 Å². The van der Waals surface area contributed by atoms with Crippen LogP contribution >= 0.6 is 0 Å². The maximum atomic E-state index is 11.1. The summed E-state index contributed by atoms with van der Waals surface area (Å²) >= 11 is 0. The fourth-order valence-electron chi connectivity index (χ4n) is 3.52. The van der Waals surface area contributed by atoms with Gasteiger partial charge in [-0.1, -0.05) is 19.9 Å². The lowest BCUT2D eigenvalue weighted by Gasteiger charge is -2.21. The highest BCUT2D eigenvalue weighted by Gasteiger charge is 2.13. The first-order valence-corrected chi connectivity index (χ1v) is 11.1. The van der Waals surface area contributed by atoms with E-state index in [1.54, 1.807) is 25.5 Å². The molecule has 0 saturated carbocycles. The van der Waals surface area contributed by atoms with Crippen LogP contribution in [0.4, 0.5) is 17.2 Å². The molecule has 1 aliphatic carbocycles. The van der Waals surface area contributed by atoms with Crippen LogP contribution in [0.1, 0.15) is 48.2 Å². The number of nitrogens with zero attached hydrogens (tertiary/aromatic N) is 4. The average molecular weight is 438 g/mol. The number of hydrogen-bond acceptors (Lipinski definition) is 6. The molecule has 0 saturated heterocycles. The van der Waals surface area contributed by atoms with E-state index in [9.17, 15) is 4.79 Å². The van der Waals surface area contributed by atoms with E-state index >= 15 is 0 Å². The minimum atomic E-state index is -0.359. The van der Waals surface area contributed by atoms with Crippen LogP contribution < -0.4 is 10.2 Å². The number of fused-ring (bicyclic) bond motifs is 1. The van der Waals surface area contributed by atoms with Gasteiger partial charge >= 0.3 is 5.97 Å². The lowest BCUT2D eigenvalue weighted by atomic mass is 9.91. The van der Waals surface area contributed by atoms with Gasteiger partial charge in [-0.25, -0.2) is 4.79 Å². The molecule has 1 aliphatic rings. The van der Waals surface area contributed by atoms with Crippen LogP contribution in [0.15, 0.2) is 48.9 Å². The second-order valence-electron chi connectivity index (χ2n) is 7.23. The highest BCUT2D eigenvalue weighted by atomic mass is 16.5. The summed E-state index contributed by atoms with van der Waals surface area (Å²) in [5, 5.41) is 7.29. The number of benzene rings is 1. The van der Waals surface area contributed by atoms with E-state index in [-0.39, 0.29) is 5.97 Å². The fourth-order valence-corrected chi connectivity index (χ4v) is 3.52. The van der Waals surface area contributed by atoms with Crippen LogP contribution in [0.2, 0.25) is 0 Å². The highest BCUT2D eigenvalue weighted by Crippen LogP contribution is 2.28. The Morgan fingerprint density at radius 2 is 1.84 bits per heavy atom. The summed E-state index contributed by atoms with van der Waals surface area (Å²) in [6.45, 7) is 4.00. The number of aromatic nitrogens is 3. The summed E-state index contributed by atoms with van der Waals surface area (Å²) in [6.07, 6.45) is 10.2. The van der Waals surface area contributed by atoms with Crippen molar-refractivity contribution in [2.75, 3.05) is 31.4 Å². The molecule has 0 bridgehead atoms. The van der Waals surface area contributed by atoms with Crippen molar-refractivity contribution in [2.24, 2.45) is 7.05 Å². The van der Waals surface area contributed by atoms with Gasteiger partial charge in [-0.2, -0.15) is 5.10 Å². The Bertz CT molecular complexity index is 1000. The summed E-state index contributed by atoms with van der Waals surface area (Å²) in [5.74, 6) is 0.634. The molecule has 172 valence electrons. The van der Waals surface area contributed by atoms with Gasteiger partial charge in [0, 0.05) is 45.3 Å². The van der Waals surface area contributed by atoms with Gasteiger partial charge in [-0.15, -0.1) is 0 Å². The van der Waals surface area contributed by atoms with Crippen LogP contribution in [0.5, 0.6) is 0 Å². The smallest absolute Gasteiger partial charge is 0.340 e. The normalized spacial score (nSPS) is 11.7. The first kappa shape index (κ1) is 24.9. The second-order valence-corrected chi connectivity index (χ2v) is 7.23. The Labute approximate surface area is 191 Å². The highest BCUT2D eigenvalue weighted by molar-refractivity contribution is 5.95. The zero-order valence-electron chi connectivity index (χ0n) is 20.1. The largest absolute Gasteiger partial charge is 0.465 e. The Balaban J connectivity index is 0.000000227. The minimum absolute atomic E-state index is 0.359. The van der Waals surface area contributed by atoms with Crippen molar-refractivity contribution in [1.29, 1.82) is 0 Å². The van der Waals surface area contributed by atoms with Gasteiger partial charge in [-0.05, 0) is 55.0 Å². The molecule has 0 radical (unpaired) electrons. The van der Waals surface area contributed by atoms with E-state index in [2.05, 4.69) is 50.3 Å². The molecule has 0 aliphatic heterocycles. The number of aryl methyl sites for hydroxylation is 3. The van der Waals surface area contributed by atoms with E-state index in [0.717, 1.165) is 5.82 Å². The molecule has 7 nitrogen and oxygen atoms in total. The number of nitrogens with one attached hydrogen (secondary N) is 1. The molecule has 0 spiro atoms. The molecule has 32 heavy (non-hydrogen) atoms. The van der Waals surface area contributed by atoms with Crippen LogP contribution in [-0.4, -0.2) is 41.9 Å². The van der Waals surface area contributed by atoms with Crippen molar-refractivity contribution in [3.05, 3.63) is 65.6 Å². The zero-order valence-corrected chi connectivity index (χ0v) is 20.1. The van der Waals surface area contributed by atoms with Gasteiger partial charge in [-0.3, -0.25) is 9.67 Å². The van der Waals surface area contributed by atoms with E-state index in [0.29, 0.717) is 11.3 Å². The van der Waals surface area contributed by atoms with Crippen LogP contribution in [0.25, 0.3) is 0 Å². The Morgan fingerprint density at radius 1 is 1.12 bits per heavy atom. The van der Waals surface area contributed by atoms with Crippen LogP contribution in [0, 0.1) is 0 Å². The lowest BCUT2D eigenvalue weighted by Crippen LogP contribution is -2.12. The first-order valence-electron chi connectivity index (χ1n) is 11.1. The molecule has 4 rings (SSSR count). The third-order valence-corrected chi connectivity index (χ3v) is 5.26. The molecule has 1 aromatic carbocycles. The predicted octanol–water partition coefficient (Wildman–Crippen LogP) is 5.00. The average Bonchev–Trinajstić information content (AvgIpc) is 3.30. The van der Waals surface area contributed by atoms with Gasteiger partial charge in [0.1, 0.15) is 0 Å². The standard InChI is InChI=1S/C15H19N3.C8H10N2O2.C2H6/c1-17-10-9-15(16-17)18(2)14-8-7-12-5-3-4-6-13(12)11-14;1-9-7-5-10-4-3-6(7)8(11)12-2;1-2/h7-11H,3-6H2,1-2H3;3-5,9H,1-2H3;1-2H3. The molecule has 0 amide bonds. The number of carbonyl (C=O) groups is 1. The van der Waals surface area contributed by atoms with Gasteiger partial charge in [0.2, 0.25) is 0 Å². The number of carbonyl (C=O) groups excluding carboxylic acids is 1. The molecule has 7 heteroatoms. The van der Waals surface area contributed by atoms with E-state index in [1.807, 2.05) is 37.8 Å². The molecular weight excluding hydrogens is 402 g/mol. The van der Waals surface area contributed by atoms with Crippen LogP contribution in [0.3, 0.4) is 0 Å². The van der Waals surface area contributed by atoms with Crippen molar-refractivity contribution in [2.45, 2.75) is 39.5 Å². The van der Waals surface area contributed by atoms with E-state index in [1.165, 1.54) is 49.6 Å². The van der Waals surface area contributed by atoms with Crippen LogP contribution in [-0.2, 0) is 24.6 Å². The number of ether oxygens (including phenoxy) is 1. The maximum Gasteiger partial charge on any atom is 0.340 e. The van der Waals surface area contributed by atoms with Crippen molar-refractivity contribution in [1.82, 2.24) is 14.8 Å². The Hall–Kier alpha value is -3.35. The monoisotopic (exact) mass is 437 g/mol. The molecule has 2 aromatic heterocycles. The first-order chi connectivity index (χ1) is 15.5. The van der Waals surface area contributed by atoms with Gasteiger partial charge in [0.25, 0.3) is 0 Å². The molecule has 0 fully saturated rings. The number of anilines is 3. The predicted molar refractivity (Wildman–Crippen MR) is 131 cm³/mol. The molecule has 1 N–H and O–H groups in total. The molecule has 3 aromatic rings. The van der Waals surface area contributed by atoms with Crippen molar-refractivity contribution < 1.29 is 9.53 Å². The fraction of sp³-hybridized carbons (Fsp3) is 0.400. The Morgan fingerprint density at radius 3 is 2.47 bits per heavy atom. The van der Waals surface area contributed by atoms with Crippen molar-refractivity contribution in [3.63, 3.8) is 0 Å². The van der Waals surface area contributed by atoms with E-state index < -0.39 is 0 Å². The molecular formula is C25H35N5O2. The number of hydrogen-bond donors (Lipinski definition) is 1. The second kappa shape index (κ2) is 12.5. The van der Waals surface area contributed by atoms with Crippen molar-refractivity contribution >= 4 is 23.2 Å². The third kappa shape index (κ3) is 6.33. The summed E-state index contributed by atoms with van der Waals surface area (Å²) in [4.78, 5) is 17.1. The topological polar surface area (TPSA) is 72.3 Å². The summed E-state index contributed by atoms with van der Waals surface area (Å²) in [6, 6.07) is 10.5. The number of rotatable bonds is 4. The molecule has 2 heterocycles. The van der Waals surface area contributed by atoms with E-state index in [4.69, 9.17) is 0 Å². The number of pyridine rings is 1. The lowest BCUT2D eigenvalue weighted by molar-refractivity contribution is 0.0601. The maximum absolute atomic E-state index is 11.1. The van der Waals surface area contributed by atoms with Crippen molar-refractivity contribution in [3.8, 4) is 0 Å². The van der Waals surface area contributed by atoms with Gasteiger partial charge in [0.15, 0.2) is 5.82 Å². The minimum Gasteiger partial charge on any atom is -0.465 e. The van der Waals surface area contributed by atoms with Gasteiger partial charge in [0.05, 0.1) is 24.6 Å².